The third-order valence-corrected chi connectivity index (χ3v) is 3.56. The van der Waals surface area contributed by atoms with E-state index in [2.05, 4.69) is 27.0 Å². The highest BCUT2D eigenvalue weighted by molar-refractivity contribution is 5.94. The average Bonchev–Trinajstić information content (AvgIpc) is 2.66. The first-order chi connectivity index (χ1) is 10.1. The molecule has 0 bridgehead atoms. The quantitative estimate of drug-likeness (QED) is 0.567. The molecule has 1 aromatic rings. The van der Waals surface area contributed by atoms with Crippen molar-refractivity contribution < 1.29 is 0 Å². The molecule has 1 fully saturated rings. The molecule has 0 spiro atoms. The maximum Gasteiger partial charge on any atom is 0.223 e. The van der Waals surface area contributed by atoms with Crippen molar-refractivity contribution in [1.29, 1.82) is 0 Å². The third kappa shape index (κ3) is 4.37. The van der Waals surface area contributed by atoms with Gasteiger partial charge >= 0.3 is 0 Å². The summed E-state index contributed by atoms with van der Waals surface area (Å²) in [7, 11) is 0. The van der Waals surface area contributed by atoms with Crippen LogP contribution in [0.5, 0.6) is 0 Å². The molecule has 1 saturated heterocycles. The molecule has 21 heavy (non-hydrogen) atoms. The predicted octanol–water partition coefficient (Wildman–Crippen LogP) is 1.60. The highest BCUT2D eigenvalue weighted by atomic mass is 15.2. The molecular weight excluding hydrogens is 264 g/mol. The number of hydrogen-bond acceptors (Lipinski definition) is 2. The molecule has 0 radical (unpaired) electrons. The third-order valence-electron chi connectivity index (χ3n) is 3.56. The lowest BCUT2D eigenvalue weighted by molar-refractivity contribution is 0.726. The van der Waals surface area contributed by atoms with Crippen LogP contribution in [0.2, 0.25) is 0 Å². The van der Waals surface area contributed by atoms with Crippen LogP contribution in [0.15, 0.2) is 28.2 Å². The Morgan fingerprint density at radius 1 is 1.05 bits per heavy atom. The number of nitrogens with zero attached hydrogens (tertiary/aromatic N) is 3. The van der Waals surface area contributed by atoms with Gasteiger partial charge in [-0.1, -0.05) is 18.9 Å². The number of benzene rings is 1. The van der Waals surface area contributed by atoms with E-state index in [1.54, 1.807) is 0 Å². The van der Waals surface area contributed by atoms with E-state index in [0.717, 1.165) is 30.0 Å². The molecule has 1 aliphatic rings. The zero-order chi connectivity index (χ0) is 15.2. The predicted molar refractivity (Wildman–Crippen MR) is 89.0 cm³/mol. The van der Waals surface area contributed by atoms with Gasteiger partial charge in [-0.3, -0.25) is 0 Å². The Bertz CT molecular complexity index is 537. The molecule has 114 valence electrons. The highest BCUT2D eigenvalue weighted by Crippen LogP contribution is 2.31. The molecule has 6 heteroatoms. The number of aliphatic imine (C=N–C) groups is 2. The minimum atomic E-state index is -0.0831. The van der Waals surface area contributed by atoms with E-state index in [1.807, 2.05) is 13.0 Å². The molecule has 0 aliphatic carbocycles. The van der Waals surface area contributed by atoms with E-state index >= 15 is 0 Å². The number of aryl methyl sites for hydroxylation is 1. The fourth-order valence-electron chi connectivity index (χ4n) is 2.58. The van der Waals surface area contributed by atoms with Gasteiger partial charge in [0.05, 0.1) is 11.4 Å². The van der Waals surface area contributed by atoms with Gasteiger partial charge < -0.3 is 22.1 Å². The Morgan fingerprint density at radius 2 is 1.71 bits per heavy atom. The van der Waals surface area contributed by atoms with Crippen molar-refractivity contribution >= 4 is 23.3 Å². The number of anilines is 1. The number of hydrogen-bond donors (Lipinski definition) is 3. The molecule has 0 atom stereocenters. The van der Waals surface area contributed by atoms with Crippen molar-refractivity contribution in [2.24, 2.45) is 27.2 Å². The van der Waals surface area contributed by atoms with Crippen molar-refractivity contribution in [2.45, 2.75) is 32.6 Å². The van der Waals surface area contributed by atoms with Gasteiger partial charge in [0.15, 0.2) is 5.96 Å². The summed E-state index contributed by atoms with van der Waals surface area (Å²) < 4.78 is 0. The molecule has 1 heterocycles. The van der Waals surface area contributed by atoms with Gasteiger partial charge in [-0.2, -0.15) is 4.99 Å². The second-order valence-electron chi connectivity index (χ2n) is 5.40. The molecule has 6 N–H and O–H groups in total. The molecule has 2 rings (SSSR count). The SMILES string of the molecule is Cc1ccc(N2CCCCCC2)c(N=C(N)N=C(N)N)c1. The summed E-state index contributed by atoms with van der Waals surface area (Å²) in [6.07, 6.45) is 5.00. The highest BCUT2D eigenvalue weighted by Gasteiger charge is 2.13. The second-order valence-corrected chi connectivity index (χ2v) is 5.40. The summed E-state index contributed by atoms with van der Waals surface area (Å²) >= 11 is 0. The van der Waals surface area contributed by atoms with Gasteiger partial charge in [0.25, 0.3) is 0 Å². The van der Waals surface area contributed by atoms with E-state index in [0.29, 0.717) is 0 Å². The van der Waals surface area contributed by atoms with Crippen LogP contribution < -0.4 is 22.1 Å². The van der Waals surface area contributed by atoms with E-state index < -0.39 is 0 Å². The van der Waals surface area contributed by atoms with Gasteiger partial charge in [0, 0.05) is 13.1 Å². The lowest BCUT2D eigenvalue weighted by Gasteiger charge is -2.24. The zero-order valence-electron chi connectivity index (χ0n) is 12.5. The van der Waals surface area contributed by atoms with Crippen LogP contribution in [0.25, 0.3) is 0 Å². The first kappa shape index (κ1) is 15.2. The van der Waals surface area contributed by atoms with Crippen LogP contribution >= 0.6 is 0 Å². The molecular formula is C15H24N6. The fraction of sp³-hybridized carbons (Fsp3) is 0.467. The smallest absolute Gasteiger partial charge is 0.223 e. The zero-order valence-corrected chi connectivity index (χ0v) is 12.5. The first-order valence-electron chi connectivity index (χ1n) is 7.35. The van der Waals surface area contributed by atoms with Gasteiger partial charge in [-0.05, 0) is 37.5 Å². The van der Waals surface area contributed by atoms with E-state index in [1.165, 1.54) is 25.7 Å². The van der Waals surface area contributed by atoms with Crippen LogP contribution in [0.4, 0.5) is 11.4 Å². The number of guanidine groups is 2. The Labute approximate surface area is 125 Å². The maximum absolute atomic E-state index is 5.77. The van der Waals surface area contributed by atoms with Crippen LogP contribution in [0.3, 0.4) is 0 Å². The van der Waals surface area contributed by atoms with Gasteiger partial charge in [0.1, 0.15) is 0 Å². The Hall–Kier alpha value is -2.24. The van der Waals surface area contributed by atoms with Gasteiger partial charge in [-0.25, -0.2) is 4.99 Å². The standard InChI is InChI=1S/C15H24N6/c1-11-6-7-13(21-8-4-2-3-5-9-21)12(10-11)19-15(18)20-14(16)17/h6-7,10H,2-5,8-9H2,1H3,(H6,16,17,18,19,20). The van der Waals surface area contributed by atoms with Crippen molar-refractivity contribution in [3.05, 3.63) is 23.8 Å². The molecule has 0 saturated carbocycles. The largest absolute Gasteiger partial charge is 0.370 e. The molecule has 6 nitrogen and oxygen atoms in total. The van der Waals surface area contributed by atoms with Gasteiger partial charge in [0.2, 0.25) is 5.96 Å². The van der Waals surface area contributed by atoms with Crippen molar-refractivity contribution in [3.8, 4) is 0 Å². The lowest BCUT2D eigenvalue weighted by Crippen LogP contribution is -2.26. The lowest BCUT2D eigenvalue weighted by atomic mass is 10.1. The first-order valence-corrected chi connectivity index (χ1v) is 7.35. The maximum atomic E-state index is 5.77. The Morgan fingerprint density at radius 3 is 2.33 bits per heavy atom. The van der Waals surface area contributed by atoms with Crippen LogP contribution in [-0.2, 0) is 0 Å². The summed E-state index contributed by atoms with van der Waals surface area (Å²) in [4.78, 5) is 10.5. The molecule has 0 amide bonds. The topological polar surface area (TPSA) is 106 Å². The van der Waals surface area contributed by atoms with Crippen LogP contribution in [0.1, 0.15) is 31.2 Å². The summed E-state index contributed by atoms with van der Waals surface area (Å²) in [5.74, 6) is -0.00287. The normalized spacial score (nSPS) is 16.4. The number of rotatable bonds is 2. The summed E-state index contributed by atoms with van der Waals surface area (Å²) in [5, 5.41) is 0. The Balaban J connectivity index is 2.35. The van der Waals surface area contributed by atoms with E-state index in [4.69, 9.17) is 17.2 Å². The molecule has 1 aromatic carbocycles. The molecule has 1 aliphatic heterocycles. The minimum absolute atomic E-state index is 0.0803. The average molecular weight is 288 g/mol. The van der Waals surface area contributed by atoms with E-state index in [9.17, 15) is 0 Å². The second kappa shape index (κ2) is 6.97. The molecule has 0 unspecified atom stereocenters. The summed E-state index contributed by atoms with van der Waals surface area (Å²) in [5.41, 5.74) is 19.5. The minimum Gasteiger partial charge on any atom is -0.370 e. The number of nitrogens with two attached hydrogens (primary N) is 3. The van der Waals surface area contributed by atoms with Crippen LogP contribution in [-0.4, -0.2) is 25.0 Å². The van der Waals surface area contributed by atoms with Crippen molar-refractivity contribution in [3.63, 3.8) is 0 Å². The van der Waals surface area contributed by atoms with Gasteiger partial charge in [-0.15, -0.1) is 0 Å². The van der Waals surface area contributed by atoms with Crippen molar-refractivity contribution in [1.82, 2.24) is 0 Å². The van der Waals surface area contributed by atoms with Crippen LogP contribution in [0, 0.1) is 6.92 Å². The molecule has 0 aromatic heterocycles. The fourth-order valence-corrected chi connectivity index (χ4v) is 2.58. The van der Waals surface area contributed by atoms with Crippen molar-refractivity contribution in [2.75, 3.05) is 18.0 Å². The Kier molecular flexibility index (Phi) is 5.03. The summed E-state index contributed by atoms with van der Waals surface area (Å²) in [6.45, 7) is 4.13. The van der Waals surface area contributed by atoms with E-state index in [-0.39, 0.29) is 11.9 Å². The summed E-state index contributed by atoms with van der Waals surface area (Å²) in [6, 6.07) is 6.20. The monoisotopic (exact) mass is 288 g/mol.